The van der Waals surface area contributed by atoms with Crippen molar-refractivity contribution in [2.75, 3.05) is 26.2 Å². The average Bonchev–Trinajstić information content (AvgIpc) is 2.54. The van der Waals surface area contributed by atoms with E-state index in [4.69, 9.17) is 14.7 Å². The molecule has 0 fully saturated rings. The van der Waals surface area contributed by atoms with Crippen LogP contribution in [0.2, 0.25) is 0 Å². The number of hydrogen-bond acceptors (Lipinski definition) is 4. The van der Waals surface area contributed by atoms with Crippen molar-refractivity contribution in [1.82, 2.24) is 0 Å². The molecule has 0 spiro atoms. The van der Waals surface area contributed by atoms with Crippen LogP contribution >= 0.6 is 0 Å². The number of nitriles is 1. The van der Waals surface area contributed by atoms with E-state index in [0.29, 0.717) is 17.9 Å². The molecule has 21 heavy (non-hydrogen) atoms. The van der Waals surface area contributed by atoms with E-state index in [9.17, 15) is 0 Å². The number of rotatable bonds is 5. The quantitative estimate of drug-likeness (QED) is 0.844. The zero-order valence-corrected chi connectivity index (χ0v) is 12.5. The molecule has 0 N–H and O–H groups in total. The van der Waals surface area contributed by atoms with Crippen LogP contribution in [0.1, 0.15) is 11.1 Å². The average molecular weight is 282 g/mol. The summed E-state index contributed by atoms with van der Waals surface area (Å²) < 4.78 is 10.3. The van der Waals surface area contributed by atoms with Crippen LogP contribution in [-0.2, 0) is 6.54 Å². The van der Waals surface area contributed by atoms with E-state index in [1.807, 2.05) is 49.5 Å². The van der Waals surface area contributed by atoms with Gasteiger partial charge in [0.2, 0.25) is 0 Å². The summed E-state index contributed by atoms with van der Waals surface area (Å²) in [6.07, 6.45) is 0. The summed E-state index contributed by atoms with van der Waals surface area (Å²) in [6.45, 7) is 0.713. The zero-order chi connectivity index (χ0) is 15.2. The van der Waals surface area contributed by atoms with Gasteiger partial charge in [-0.25, -0.2) is 0 Å². The minimum absolute atomic E-state index is 0.554. The van der Waals surface area contributed by atoms with Gasteiger partial charge in [0.25, 0.3) is 0 Å². The lowest BCUT2D eigenvalue weighted by Gasteiger charge is -2.20. The molecule has 0 aliphatic carbocycles. The summed E-state index contributed by atoms with van der Waals surface area (Å²) in [7, 11) is 5.23. The van der Waals surface area contributed by atoms with Gasteiger partial charge in [0.15, 0.2) is 0 Å². The number of benzene rings is 2. The van der Waals surface area contributed by atoms with Gasteiger partial charge >= 0.3 is 0 Å². The van der Waals surface area contributed by atoms with Crippen molar-refractivity contribution >= 4 is 5.69 Å². The molecule has 0 unspecified atom stereocenters. The Morgan fingerprint density at radius 1 is 1.05 bits per heavy atom. The SMILES string of the molecule is COc1ccc(N(C)Cc2ccc(OC)c(C#N)c2)cc1. The molecule has 0 heterocycles. The van der Waals surface area contributed by atoms with Gasteiger partial charge in [-0.15, -0.1) is 0 Å². The monoisotopic (exact) mass is 282 g/mol. The molecule has 0 aliphatic heterocycles. The van der Waals surface area contributed by atoms with E-state index < -0.39 is 0 Å². The zero-order valence-electron chi connectivity index (χ0n) is 12.5. The number of methoxy groups -OCH3 is 2. The highest BCUT2D eigenvalue weighted by Crippen LogP contribution is 2.22. The van der Waals surface area contributed by atoms with Crippen LogP contribution in [0.15, 0.2) is 42.5 Å². The first kappa shape index (κ1) is 14.7. The van der Waals surface area contributed by atoms with E-state index in [1.54, 1.807) is 14.2 Å². The summed E-state index contributed by atoms with van der Waals surface area (Å²) >= 11 is 0. The summed E-state index contributed by atoms with van der Waals surface area (Å²) in [6, 6.07) is 15.7. The fourth-order valence-corrected chi connectivity index (χ4v) is 2.14. The smallest absolute Gasteiger partial charge is 0.136 e. The molecule has 0 bridgehead atoms. The molecule has 0 aliphatic rings. The van der Waals surface area contributed by atoms with Crippen LogP contribution in [0.3, 0.4) is 0 Å². The highest BCUT2D eigenvalue weighted by atomic mass is 16.5. The molecule has 2 aromatic rings. The molecule has 2 rings (SSSR count). The maximum absolute atomic E-state index is 9.13. The van der Waals surface area contributed by atoms with Crippen LogP contribution in [0.25, 0.3) is 0 Å². The van der Waals surface area contributed by atoms with E-state index in [-0.39, 0.29) is 0 Å². The maximum atomic E-state index is 9.13. The molecular weight excluding hydrogens is 264 g/mol. The molecule has 108 valence electrons. The Labute approximate surface area is 125 Å². The van der Waals surface area contributed by atoms with Gasteiger partial charge in [0, 0.05) is 19.3 Å². The Hall–Kier alpha value is -2.67. The fraction of sp³-hybridized carbons (Fsp3) is 0.235. The van der Waals surface area contributed by atoms with Crippen LogP contribution in [0, 0.1) is 11.3 Å². The summed E-state index contributed by atoms with van der Waals surface area (Å²) in [5.41, 5.74) is 2.70. The van der Waals surface area contributed by atoms with Crippen LogP contribution in [-0.4, -0.2) is 21.3 Å². The maximum Gasteiger partial charge on any atom is 0.136 e. The summed E-state index contributed by atoms with van der Waals surface area (Å²) in [5.74, 6) is 1.44. The molecule has 2 aromatic carbocycles. The Bertz CT molecular complexity index is 645. The van der Waals surface area contributed by atoms with E-state index >= 15 is 0 Å². The lowest BCUT2D eigenvalue weighted by molar-refractivity contribution is 0.413. The molecule has 0 radical (unpaired) electrons. The molecular formula is C17H18N2O2. The Morgan fingerprint density at radius 2 is 1.76 bits per heavy atom. The van der Waals surface area contributed by atoms with Crippen LogP contribution in [0.5, 0.6) is 11.5 Å². The number of nitrogens with zero attached hydrogens (tertiary/aromatic N) is 2. The second kappa shape index (κ2) is 6.67. The first-order chi connectivity index (χ1) is 10.2. The van der Waals surface area contributed by atoms with E-state index in [0.717, 1.165) is 17.0 Å². The standard InChI is InChI=1S/C17H18N2O2/c1-19(15-5-7-16(20-2)8-6-15)12-13-4-9-17(21-3)14(10-13)11-18/h4-10H,12H2,1-3H3. The van der Waals surface area contributed by atoms with Gasteiger partial charge in [-0.3, -0.25) is 0 Å². The first-order valence-electron chi connectivity index (χ1n) is 6.60. The van der Waals surface area contributed by atoms with Gasteiger partial charge in [-0.05, 0) is 42.0 Å². The lowest BCUT2D eigenvalue weighted by Crippen LogP contribution is -2.16. The van der Waals surface area contributed by atoms with Crippen molar-refractivity contribution in [3.05, 3.63) is 53.6 Å². The van der Waals surface area contributed by atoms with Crippen molar-refractivity contribution in [3.8, 4) is 17.6 Å². The Balaban J connectivity index is 2.15. The van der Waals surface area contributed by atoms with Gasteiger partial charge in [0.05, 0.1) is 19.8 Å². The molecule has 0 amide bonds. The Kier molecular flexibility index (Phi) is 4.68. The van der Waals surface area contributed by atoms with Crippen molar-refractivity contribution in [1.29, 1.82) is 5.26 Å². The fourth-order valence-electron chi connectivity index (χ4n) is 2.14. The highest BCUT2D eigenvalue weighted by Gasteiger charge is 2.07. The number of ether oxygens (including phenoxy) is 2. The van der Waals surface area contributed by atoms with Gasteiger partial charge in [-0.1, -0.05) is 6.07 Å². The molecule has 4 heteroatoms. The first-order valence-corrected chi connectivity index (χ1v) is 6.60. The third-order valence-corrected chi connectivity index (χ3v) is 3.32. The van der Waals surface area contributed by atoms with Crippen molar-refractivity contribution in [2.45, 2.75) is 6.54 Å². The number of anilines is 1. The Morgan fingerprint density at radius 3 is 2.33 bits per heavy atom. The lowest BCUT2D eigenvalue weighted by atomic mass is 10.1. The molecule has 0 atom stereocenters. The topological polar surface area (TPSA) is 45.5 Å². The third kappa shape index (κ3) is 3.46. The van der Waals surface area contributed by atoms with Gasteiger partial charge in [-0.2, -0.15) is 5.26 Å². The molecule has 0 saturated carbocycles. The summed E-state index contributed by atoms with van der Waals surface area (Å²) in [4.78, 5) is 2.11. The van der Waals surface area contributed by atoms with Crippen molar-refractivity contribution in [2.24, 2.45) is 0 Å². The number of hydrogen-bond donors (Lipinski definition) is 0. The molecule has 4 nitrogen and oxygen atoms in total. The van der Waals surface area contributed by atoms with E-state index in [2.05, 4.69) is 11.0 Å². The third-order valence-electron chi connectivity index (χ3n) is 3.32. The molecule has 0 aromatic heterocycles. The van der Waals surface area contributed by atoms with Crippen LogP contribution < -0.4 is 14.4 Å². The largest absolute Gasteiger partial charge is 0.497 e. The predicted octanol–water partition coefficient (Wildman–Crippen LogP) is 3.21. The minimum atomic E-state index is 0.554. The molecule has 0 saturated heterocycles. The second-order valence-electron chi connectivity index (χ2n) is 4.70. The normalized spacial score (nSPS) is 9.81. The van der Waals surface area contributed by atoms with Crippen molar-refractivity contribution < 1.29 is 9.47 Å². The summed E-state index contributed by atoms with van der Waals surface area (Å²) in [5, 5.41) is 9.13. The second-order valence-corrected chi connectivity index (χ2v) is 4.70. The van der Waals surface area contributed by atoms with Crippen molar-refractivity contribution in [3.63, 3.8) is 0 Å². The van der Waals surface area contributed by atoms with Gasteiger partial charge in [0.1, 0.15) is 17.6 Å². The minimum Gasteiger partial charge on any atom is -0.497 e. The highest BCUT2D eigenvalue weighted by molar-refractivity contribution is 5.50. The van der Waals surface area contributed by atoms with Crippen LogP contribution in [0.4, 0.5) is 5.69 Å². The van der Waals surface area contributed by atoms with Gasteiger partial charge < -0.3 is 14.4 Å². The predicted molar refractivity (Wildman–Crippen MR) is 82.8 cm³/mol. The van der Waals surface area contributed by atoms with E-state index in [1.165, 1.54) is 0 Å².